The summed E-state index contributed by atoms with van der Waals surface area (Å²) in [6.45, 7) is 4.78. The van der Waals surface area contributed by atoms with Crippen LogP contribution in [0, 0.1) is 0 Å². The van der Waals surface area contributed by atoms with Gasteiger partial charge < -0.3 is 25.3 Å². The normalized spacial score (nSPS) is 16.8. The molecule has 1 aromatic rings. The molecule has 2 unspecified atom stereocenters. The molecular formula is C24H29F3N2O6S. The number of benzene rings is 1. The van der Waals surface area contributed by atoms with Crippen LogP contribution in [0.1, 0.15) is 37.8 Å². The largest absolute Gasteiger partial charge is 0.468 e. The van der Waals surface area contributed by atoms with E-state index in [0.29, 0.717) is 11.4 Å². The minimum absolute atomic E-state index is 0.000704. The molecule has 1 heterocycles. The van der Waals surface area contributed by atoms with Gasteiger partial charge in [-0.1, -0.05) is 18.2 Å². The second-order valence-electron chi connectivity index (χ2n) is 7.70. The van der Waals surface area contributed by atoms with E-state index in [-0.39, 0.29) is 41.4 Å². The Kier molecular flexibility index (Phi) is 10.4. The molecule has 0 amide bonds. The van der Waals surface area contributed by atoms with Crippen molar-refractivity contribution in [3.63, 3.8) is 0 Å². The number of ether oxygens (including phenoxy) is 3. The van der Waals surface area contributed by atoms with Gasteiger partial charge in [0.1, 0.15) is 6.04 Å². The second kappa shape index (κ2) is 12.8. The second-order valence-corrected chi connectivity index (χ2v) is 8.73. The summed E-state index contributed by atoms with van der Waals surface area (Å²) in [5, 5.41) is 3.01. The Bertz CT molecular complexity index is 1050. The van der Waals surface area contributed by atoms with Crippen molar-refractivity contribution in [1.29, 1.82) is 0 Å². The zero-order valence-corrected chi connectivity index (χ0v) is 21.2. The van der Waals surface area contributed by atoms with Crippen molar-refractivity contribution in [1.82, 2.24) is 5.32 Å². The summed E-state index contributed by atoms with van der Waals surface area (Å²) in [6, 6.07) is 3.52. The fourth-order valence-electron chi connectivity index (χ4n) is 3.67. The first kappa shape index (κ1) is 29.2. The van der Waals surface area contributed by atoms with E-state index in [0.717, 1.165) is 12.1 Å². The highest BCUT2D eigenvalue weighted by Gasteiger charge is 2.40. The molecule has 0 aromatic heterocycles. The molecule has 1 aliphatic heterocycles. The number of allylic oxidation sites excluding steroid dienone is 1. The lowest BCUT2D eigenvalue weighted by Crippen LogP contribution is -2.36. The molecule has 12 heteroatoms. The maximum atomic E-state index is 13.5. The predicted octanol–water partition coefficient (Wildman–Crippen LogP) is 3.28. The van der Waals surface area contributed by atoms with Crippen LogP contribution in [0.3, 0.4) is 0 Å². The van der Waals surface area contributed by atoms with Gasteiger partial charge in [0, 0.05) is 22.9 Å². The van der Waals surface area contributed by atoms with Gasteiger partial charge >= 0.3 is 24.1 Å². The maximum absolute atomic E-state index is 13.5. The van der Waals surface area contributed by atoms with E-state index >= 15 is 0 Å². The fraction of sp³-hybridized carbons (Fsp3) is 0.458. The van der Waals surface area contributed by atoms with E-state index in [1.807, 2.05) is 0 Å². The smallest absolute Gasteiger partial charge is 0.416 e. The van der Waals surface area contributed by atoms with E-state index in [4.69, 9.17) is 15.2 Å². The third-order valence-electron chi connectivity index (χ3n) is 5.23. The standard InChI is InChI=1S/C24H29F3N2O6S/c1-5-34-22(31)18-13(3)29-17(12-36-11-16(28)21(30)33-4)20(23(32)35-6-2)19(18)14-8-7-9-15(10-14)24(25,26)27/h7-10,16,19,29H,5-6,11-12,28H2,1-4H3. The maximum Gasteiger partial charge on any atom is 0.416 e. The average molecular weight is 531 g/mol. The molecular weight excluding hydrogens is 501 g/mol. The van der Waals surface area contributed by atoms with Crippen LogP contribution in [0.2, 0.25) is 0 Å². The van der Waals surface area contributed by atoms with Gasteiger partial charge in [0.2, 0.25) is 0 Å². The predicted molar refractivity (Wildman–Crippen MR) is 128 cm³/mol. The molecule has 3 N–H and O–H groups in total. The summed E-state index contributed by atoms with van der Waals surface area (Å²) in [6.07, 6.45) is -4.64. The molecule has 198 valence electrons. The summed E-state index contributed by atoms with van der Waals surface area (Å²) in [4.78, 5) is 37.7. The summed E-state index contributed by atoms with van der Waals surface area (Å²) in [5.41, 5.74) is 5.54. The molecule has 36 heavy (non-hydrogen) atoms. The van der Waals surface area contributed by atoms with Gasteiger partial charge in [-0.25, -0.2) is 9.59 Å². The summed E-state index contributed by atoms with van der Waals surface area (Å²) in [7, 11) is 1.21. The minimum atomic E-state index is -4.64. The molecule has 8 nitrogen and oxygen atoms in total. The van der Waals surface area contributed by atoms with Crippen molar-refractivity contribution >= 4 is 29.7 Å². The van der Waals surface area contributed by atoms with Gasteiger partial charge in [-0.15, -0.1) is 0 Å². The van der Waals surface area contributed by atoms with Gasteiger partial charge in [-0.3, -0.25) is 4.79 Å². The first-order valence-electron chi connectivity index (χ1n) is 11.1. The van der Waals surface area contributed by atoms with Gasteiger partial charge in [-0.2, -0.15) is 24.9 Å². The Hall–Kier alpha value is -2.99. The monoisotopic (exact) mass is 530 g/mol. The first-order valence-corrected chi connectivity index (χ1v) is 12.2. The van der Waals surface area contributed by atoms with Gasteiger partial charge in [0.05, 0.1) is 43.0 Å². The highest BCUT2D eigenvalue weighted by molar-refractivity contribution is 7.99. The molecule has 0 aliphatic carbocycles. The topological polar surface area (TPSA) is 117 Å². The third-order valence-corrected chi connectivity index (χ3v) is 6.32. The van der Waals surface area contributed by atoms with E-state index < -0.39 is 41.6 Å². The zero-order chi connectivity index (χ0) is 27.0. The number of methoxy groups -OCH3 is 1. The molecule has 0 spiro atoms. The van der Waals surface area contributed by atoms with Gasteiger partial charge in [0.25, 0.3) is 0 Å². The quantitative estimate of drug-likeness (QED) is 0.347. The number of nitrogens with two attached hydrogens (primary N) is 1. The number of hydrogen-bond acceptors (Lipinski definition) is 9. The molecule has 1 aliphatic rings. The van der Waals surface area contributed by atoms with Crippen LogP contribution in [0.25, 0.3) is 0 Å². The SMILES string of the molecule is CCOC(=O)C1=C(C)NC(CSCC(N)C(=O)OC)=C(C(=O)OCC)C1c1cccc(C(F)(F)F)c1. The number of esters is 3. The fourth-order valence-corrected chi connectivity index (χ4v) is 4.61. The van der Waals surface area contributed by atoms with E-state index in [1.165, 1.54) is 31.0 Å². The van der Waals surface area contributed by atoms with Crippen LogP contribution < -0.4 is 11.1 Å². The lowest BCUT2D eigenvalue weighted by molar-refractivity contribution is -0.142. The zero-order valence-electron chi connectivity index (χ0n) is 20.4. The van der Waals surface area contributed by atoms with Crippen molar-refractivity contribution in [3.8, 4) is 0 Å². The van der Waals surface area contributed by atoms with Crippen molar-refractivity contribution in [3.05, 3.63) is 57.9 Å². The highest BCUT2D eigenvalue weighted by atomic mass is 32.2. The molecule has 0 radical (unpaired) electrons. The van der Waals surface area contributed by atoms with E-state index in [9.17, 15) is 27.6 Å². The molecule has 0 bridgehead atoms. The minimum Gasteiger partial charge on any atom is -0.468 e. The third kappa shape index (κ3) is 7.03. The van der Waals surface area contributed by atoms with Crippen molar-refractivity contribution in [2.45, 2.75) is 38.9 Å². The number of carbonyl (C=O) groups is 3. The van der Waals surface area contributed by atoms with Crippen molar-refractivity contribution in [2.75, 3.05) is 31.8 Å². The molecule has 0 saturated carbocycles. The number of halogens is 3. The Balaban J connectivity index is 2.64. The number of carbonyl (C=O) groups excluding carboxylic acids is 3. The van der Waals surface area contributed by atoms with Gasteiger partial charge in [0.15, 0.2) is 0 Å². The molecule has 0 fully saturated rings. The Morgan fingerprint density at radius 2 is 1.72 bits per heavy atom. The Labute approximate surface area is 211 Å². The van der Waals surface area contributed by atoms with Crippen molar-refractivity contribution in [2.24, 2.45) is 5.73 Å². The number of hydrogen-bond donors (Lipinski definition) is 2. The number of alkyl halides is 3. The Morgan fingerprint density at radius 1 is 1.11 bits per heavy atom. The number of rotatable bonds is 10. The van der Waals surface area contributed by atoms with Crippen LogP contribution >= 0.6 is 11.8 Å². The lowest BCUT2D eigenvalue weighted by atomic mass is 9.80. The lowest BCUT2D eigenvalue weighted by Gasteiger charge is -2.32. The average Bonchev–Trinajstić information content (AvgIpc) is 2.82. The summed E-state index contributed by atoms with van der Waals surface area (Å²) >= 11 is 1.20. The molecule has 2 atom stereocenters. The van der Waals surface area contributed by atoms with Crippen LogP contribution in [0.4, 0.5) is 13.2 Å². The number of dihydropyridines is 1. The molecule has 1 aromatic carbocycles. The molecule has 2 rings (SSSR count). The summed E-state index contributed by atoms with van der Waals surface area (Å²) in [5.74, 6) is -3.09. The van der Waals surface area contributed by atoms with Crippen LogP contribution in [0.15, 0.2) is 46.8 Å². The van der Waals surface area contributed by atoms with Crippen LogP contribution in [-0.4, -0.2) is 55.8 Å². The van der Waals surface area contributed by atoms with E-state index in [1.54, 1.807) is 20.8 Å². The van der Waals surface area contributed by atoms with Crippen molar-refractivity contribution < 1.29 is 41.8 Å². The Morgan fingerprint density at radius 3 is 2.28 bits per heavy atom. The van der Waals surface area contributed by atoms with Gasteiger partial charge in [-0.05, 0) is 32.4 Å². The number of thioether (sulfide) groups is 1. The number of nitrogens with one attached hydrogen (secondary N) is 1. The van der Waals surface area contributed by atoms with E-state index in [2.05, 4.69) is 10.1 Å². The highest BCUT2D eigenvalue weighted by Crippen LogP contribution is 2.41. The van der Waals surface area contributed by atoms with Crippen LogP contribution in [-0.2, 0) is 34.8 Å². The molecule has 0 saturated heterocycles. The van der Waals surface area contributed by atoms with Crippen LogP contribution in [0.5, 0.6) is 0 Å². The summed E-state index contributed by atoms with van der Waals surface area (Å²) < 4.78 is 55.5. The first-order chi connectivity index (χ1) is 17.0.